The van der Waals surface area contributed by atoms with E-state index in [1.165, 1.54) is 12.1 Å². The monoisotopic (exact) mass is 414 g/mol. The van der Waals surface area contributed by atoms with E-state index in [1.54, 1.807) is 36.3 Å². The maximum absolute atomic E-state index is 13.5. The lowest BCUT2D eigenvalue weighted by molar-refractivity contribution is -0.115. The van der Waals surface area contributed by atoms with E-state index in [9.17, 15) is 9.18 Å². The minimum Gasteiger partial charge on any atom is -0.310 e. The molecule has 31 heavy (non-hydrogen) atoms. The van der Waals surface area contributed by atoms with Crippen molar-refractivity contribution in [2.45, 2.75) is 20.3 Å². The number of benzene rings is 2. The number of nitrogens with zero attached hydrogens (tertiary/aromatic N) is 3. The summed E-state index contributed by atoms with van der Waals surface area (Å²) in [7, 11) is 1.78. The van der Waals surface area contributed by atoms with Crippen LogP contribution in [0.15, 0.2) is 67.0 Å². The zero-order valence-corrected chi connectivity index (χ0v) is 17.7. The Hall–Kier alpha value is -3.80. The van der Waals surface area contributed by atoms with Gasteiger partial charge in [0.05, 0.1) is 12.0 Å². The summed E-state index contributed by atoms with van der Waals surface area (Å²) in [5, 5.41) is 7.68. The molecule has 0 bridgehead atoms. The van der Waals surface area contributed by atoms with E-state index in [0.717, 1.165) is 33.4 Å². The lowest BCUT2D eigenvalue weighted by atomic mass is 10.0. The Bertz CT molecular complexity index is 1230. The molecular formula is C25H23FN4O. The Morgan fingerprint density at radius 2 is 1.71 bits per heavy atom. The molecule has 1 N–H and O–H groups in total. The molecule has 0 aliphatic heterocycles. The number of amides is 1. The highest BCUT2D eigenvalue weighted by atomic mass is 19.1. The topological polar surface area (TPSA) is 59.8 Å². The second-order valence-corrected chi connectivity index (χ2v) is 7.59. The van der Waals surface area contributed by atoms with Crippen molar-refractivity contribution in [3.05, 3.63) is 89.5 Å². The first-order valence-electron chi connectivity index (χ1n) is 10.0. The number of rotatable bonds is 5. The van der Waals surface area contributed by atoms with Gasteiger partial charge in [0.1, 0.15) is 17.3 Å². The predicted octanol–water partition coefficient (Wildman–Crippen LogP) is 5.09. The minimum absolute atomic E-state index is 0.127. The molecule has 0 atom stereocenters. The molecule has 0 aliphatic carbocycles. The van der Waals surface area contributed by atoms with Gasteiger partial charge >= 0.3 is 0 Å². The third kappa shape index (κ3) is 4.38. The summed E-state index contributed by atoms with van der Waals surface area (Å²) in [6.07, 6.45) is 3.65. The number of hydrogen-bond acceptors (Lipinski definition) is 3. The molecule has 2 heterocycles. The van der Waals surface area contributed by atoms with Gasteiger partial charge in [-0.1, -0.05) is 23.8 Å². The molecule has 2 aromatic heterocycles. The Morgan fingerprint density at radius 3 is 2.42 bits per heavy atom. The van der Waals surface area contributed by atoms with E-state index in [4.69, 9.17) is 0 Å². The van der Waals surface area contributed by atoms with Crippen LogP contribution in [-0.2, 0) is 18.3 Å². The summed E-state index contributed by atoms with van der Waals surface area (Å²) in [6.45, 7) is 4.01. The zero-order chi connectivity index (χ0) is 22.0. The van der Waals surface area contributed by atoms with Crippen LogP contribution in [0.4, 0.5) is 10.2 Å². The van der Waals surface area contributed by atoms with Crippen LogP contribution in [0, 0.1) is 19.7 Å². The average molecular weight is 414 g/mol. The molecule has 6 heteroatoms. The third-order valence-corrected chi connectivity index (χ3v) is 5.25. The Balaban J connectivity index is 1.74. The maximum Gasteiger partial charge on any atom is 0.229 e. The first-order chi connectivity index (χ1) is 14.9. The highest BCUT2D eigenvalue weighted by molar-refractivity contribution is 5.99. The van der Waals surface area contributed by atoms with Crippen LogP contribution in [0.3, 0.4) is 0 Å². The molecule has 0 radical (unpaired) electrons. The molecule has 0 fully saturated rings. The first-order valence-corrected chi connectivity index (χ1v) is 10.0. The summed E-state index contributed by atoms with van der Waals surface area (Å²) in [6, 6.07) is 16.0. The van der Waals surface area contributed by atoms with Crippen molar-refractivity contribution in [1.29, 1.82) is 0 Å². The highest BCUT2D eigenvalue weighted by Crippen LogP contribution is 2.37. The van der Waals surface area contributed by atoms with Crippen LogP contribution < -0.4 is 5.32 Å². The van der Waals surface area contributed by atoms with E-state index in [0.29, 0.717) is 11.5 Å². The standard InChI is InChI=1S/C25H23FN4O/c1-16-4-5-17(2)20(14-16)15-22(31)28-25-23(18-10-12-27-13-11-18)24(29-30(25)3)19-6-8-21(26)9-7-19/h4-14H,15H2,1-3H3,(H,28,31). The van der Waals surface area contributed by atoms with Gasteiger partial charge in [0.2, 0.25) is 5.91 Å². The molecule has 0 saturated heterocycles. The average Bonchev–Trinajstić information content (AvgIpc) is 3.08. The fourth-order valence-electron chi connectivity index (χ4n) is 3.61. The molecule has 0 aliphatic rings. The molecular weight excluding hydrogens is 391 g/mol. The van der Waals surface area contributed by atoms with E-state index in [1.807, 2.05) is 44.2 Å². The van der Waals surface area contributed by atoms with Crippen molar-refractivity contribution >= 4 is 11.7 Å². The molecule has 5 nitrogen and oxygen atoms in total. The van der Waals surface area contributed by atoms with Crippen molar-refractivity contribution in [2.75, 3.05) is 5.32 Å². The van der Waals surface area contributed by atoms with Crippen LogP contribution in [0.2, 0.25) is 0 Å². The van der Waals surface area contributed by atoms with Gasteiger partial charge in [-0.2, -0.15) is 5.10 Å². The maximum atomic E-state index is 13.5. The first kappa shape index (κ1) is 20.5. The van der Waals surface area contributed by atoms with Gasteiger partial charge in [-0.05, 0) is 66.9 Å². The number of hydrogen-bond donors (Lipinski definition) is 1. The molecule has 4 rings (SSSR count). The summed E-state index contributed by atoms with van der Waals surface area (Å²) >= 11 is 0. The van der Waals surface area contributed by atoms with Gasteiger partial charge in [0.25, 0.3) is 0 Å². The van der Waals surface area contributed by atoms with E-state index < -0.39 is 0 Å². The van der Waals surface area contributed by atoms with Crippen molar-refractivity contribution < 1.29 is 9.18 Å². The summed E-state index contributed by atoms with van der Waals surface area (Å²) in [5.74, 6) is 0.144. The lowest BCUT2D eigenvalue weighted by Crippen LogP contribution is -2.17. The molecule has 0 unspecified atom stereocenters. The fraction of sp³-hybridized carbons (Fsp3) is 0.160. The molecule has 0 saturated carbocycles. The van der Waals surface area contributed by atoms with Gasteiger partial charge < -0.3 is 5.32 Å². The smallest absolute Gasteiger partial charge is 0.229 e. The number of aromatic nitrogens is 3. The SMILES string of the molecule is Cc1ccc(C)c(CC(=O)Nc2c(-c3ccncc3)c(-c3ccc(F)cc3)nn2C)c1. The molecule has 4 aromatic rings. The molecule has 0 spiro atoms. The van der Waals surface area contributed by atoms with E-state index in [2.05, 4.69) is 15.4 Å². The summed E-state index contributed by atoms with van der Waals surface area (Å²) in [4.78, 5) is 17.0. The number of nitrogens with one attached hydrogen (secondary N) is 1. The Labute approximate surface area is 180 Å². The molecule has 156 valence electrons. The second kappa shape index (κ2) is 8.52. The number of halogens is 1. The van der Waals surface area contributed by atoms with Crippen molar-refractivity contribution in [2.24, 2.45) is 7.05 Å². The van der Waals surface area contributed by atoms with Crippen molar-refractivity contribution in [3.63, 3.8) is 0 Å². The largest absolute Gasteiger partial charge is 0.310 e. The predicted molar refractivity (Wildman–Crippen MR) is 120 cm³/mol. The van der Waals surface area contributed by atoms with Crippen molar-refractivity contribution in [3.8, 4) is 22.4 Å². The number of anilines is 1. The number of carbonyl (C=O) groups is 1. The van der Waals surface area contributed by atoms with Crippen LogP contribution >= 0.6 is 0 Å². The van der Waals surface area contributed by atoms with Crippen LogP contribution in [-0.4, -0.2) is 20.7 Å². The number of aryl methyl sites for hydroxylation is 3. The van der Waals surface area contributed by atoms with Gasteiger partial charge in [-0.25, -0.2) is 4.39 Å². The van der Waals surface area contributed by atoms with Crippen LogP contribution in [0.5, 0.6) is 0 Å². The normalized spacial score (nSPS) is 10.8. The lowest BCUT2D eigenvalue weighted by Gasteiger charge is -2.11. The quantitative estimate of drug-likeness (QED) is 0.495. The number of pyridine rings is 1. The second-order valence-electron chi connectivity index (χ2n) is 7.59. The zero-order valence-electron chi connectivity index (χ0n) is 17.7. The van der Waals surface area contributed by atoms with Crippen molar-refractivity contribution in [1.82, 2.24) is 14.8 Å². The summed E-state index contributed by atoms with van der Waals surface area (Å²) < 4.78 is 15.1. The van der Waals surface area contributed by atoms with Gasteiger partial charge in [-0.3, -0.25) is 14.5 Å². The summed E-state index contributed by atoms with van der Waals surface area (Å²) in [5.41, 5.74) is 6.24. The number of carbonyl (C=O) groups excluding carboxylic acids is 1. The van der Waals surface area contributed by atoms with E-state index in [-0.39, 0.29) is 18.1 Å². The van der Waals surface area contributed by atoms with E-state index >= 15 is 0 Å². The van der Waals surface area contributed by atoms with Crippen LogP contribution in [0.25, 0.3) is 22.4 Å². The van der Waals surface area contributed by atoms with Gasteiger partial charge in [0.15, 0.2) is 0 Å². The third-order valence-electron chi connectivity index (χ3n) is 5.25. The Morgan fingerprint density at radius 1 is 1.00 bits per heavy atom. The van der Waals surface area contributed by atoms with Gasteiger partial charge in [-0.15, -0.1) is 0 Å². The van der Waals surface area contributed by atoms with Gasteiger partial charge in [0, 0.05) is 25.0 Å². The highest BCUT2D eigenvalue weighted by Gasteiger charge is 2.21. The minimum atomic E-state index is -0.313. The molecule has 1 amide bonds. The van der Waals surface area contributed by atoms with Crippen LogP contribution in [0.1, 0.15) is 16.7 Å². The Kier molecular flexibility index (Phi) is 5.62. The fourth-order valence-corrected chi connectivity index (χ4v) is 3.61. The molecule has 2 aromatic carbocycles.